The van der Waals surface area contributed by atoms with Crippen molar-refractivity contribution >= 4 is 43.1 Å². The molecule has 0 N–H and O–H groups in total. The van der Waals surface area contributed by atoms with Crippen molar-refractivity contribution in [1.82, 2.24) is 4.98 Å². The van der Waals surface area contributed by atoms with Crippen LogP contribution in [-0.2, 0) is 0 Å². The third-order valence-corrected chi connectivity index (χ3v) is 5.67. The fourth-order valence-corrected chi connectivity index (χ4v) is 4.22. The Bertz CT molecular complexity index is 1390. The average molecular weight is 355 g/mol. The van der Waals surface area contributed by atoms with E-state index in [2.05, 4.69) is 97.1 Å². The van der Waals surface area contributed by atoms with E-state index in [0.29, 0.717) is 0 Å². The van der Waals surface area contributed by atoms with Gasteiger partial charge in [0.25, 0.3) is 0 Å². The molecule has 0 aliphatic heterocycles. The molecular formula is C27H17N. The summed E-state index contributed by atoms with van der Waals surface area (Å²) in [5.74, 6) is 0. The van der Waals surface area contributed by atoms with Gasteiger partial charge in [0.15, 0.2) is 0 Å². The maximum absolute atomic E-state index is 4.77. The third-order valence-electron chi connectivity index (χ3n) is 5.67. The van der Waals surface area contributed by atoms with Gasteiger partial charge in [0.05, 0.1) is 5.69 Å². The summed E-state index contributed by atoms with van der Waals surface area (Å²) in [5.41, 5.74) is 2.16. The lowest BCUT2D eigenvalue weighted by molar-refractivity contribution is 1.36. The lowest BCUT2D eigenvalue weighted by atomic mass is 9.97. The van der Waals surface area contributed by atoms with Gasteiger partial charge >= 0.3 is 0 Å². The summed E-state index contributed by atoms with van der Waals surface area (Å²) in [5, 5.41) is 10.0. The van der Waals surface area contributed by atoms with E-state index in [4.69, 9.17) is 4.98 Å². The molecule has 0 unspecified atom stereocenters. The fourth-order valence-electron chi connectivity index (χ4n) is 4.22. The van der Waals surface area contributed by atoms with Crippen LogP contribution in [0, 0.1) is 0 Å². The van der Waals surface area contributed by atoms with Crippen molar-refractivity contribution in [1.29, 1.82) is 0 Å². The number of fused-ring (bicyclic) bond motifs is 6. The van der Waals surface area contributed by atoms with E-state index in [9.17, 15) is 0 Å². The standard InChI is InChI=1S/C27H17N/c1-3-7-23-18(5-1)9-10-20-11-13-21(15-25(20)23)27-16-26-22(17-28-27)14-12-19-6-2-4-8-24(19)26/h1-17H. The summed E-state index contributed by atoms with van der Waals surface area (Å²) in [6.45, 7) is 0. The molecule has 0 fully saturated rings. The molecule has 6 rings (SSSR count). The van der Waals surface area contributed by atoms with Gasteiger partial charge in [-0.1, -0.05) is 84.9 Å². The molecule has 0 amide bonds. The maximum Gasteiger partial charge on any atom is 0.0708 e. The second-order valence-corrected chi connectivity index (χ2v) is 7.30. The smallest absolute Gasteiger partial charge is 0.0708 e. The van der Waals surface area contributed by atoms with Gasteiger partial charge in [-0.15, -0.1) is 0 Å². The summed E-state index contributed by atoms with van der Waals surface area (Å²) in [6, 6.07) is 34.7. The van der Waals surface area contributed by atoms with Gasteiger partial charge in [0.1, 0.15) is 0 Å². The first-order chi connectivity index (χ1) is 13.9. The predicted octanol–water partition coefficient (Wildman–Crippen LogP) is 7.36. The number of rotatable bonds is 1. The maximum atomic E-state index is 4.77. The van der Waals surface area contributed by atoms with Crippen molar-refractivity contribution in [3.63, 3.8) is 0 Å². The van der Waals surface area contributed by atoms with Gasteiger partial charge in [0, 0.05) is 17.1 Å². The van der Waals surface area contributed by atoms with Gasteiger partial charge in [-0.2, -0.15) is 0 Å². The lowest BCUT2D eigenvalue weighted by Crippen LogP contribution is -1.86. The summed E-state index contributed by atoms with van der Waals surface area (Å²) in [6.07, 6.45) is 1.99. The molecule has 0 radical (unpaired) electrons. The van der Waals surface area contributed by atoms with Crippen molar-refractivity contribution in [2.24, 2.45) is 0 Å². The molecule has 5 aromatic carbocycles. The minimum Gasteiger partial charge on any atom is -0.256 e. The lowest BCUT2D eigenvalue weighted by Gasteiger charge is -2.09. The van der Waals surface area contributed by atoms with Crippen molar-refractivity contribution < 1.29 is 0 Å². The number of nitrogens with zero attached hydrogens (tertiary/aromatic N) is 1. The molecule has 0 bridgehead atoms. The normalized spacial score (nSPS) is 11.6. The topological polar surface area (TPSA) is 12.9 Å². The minimum absolute atomic E-state index is 1.01. The number of aromatic nitrogens is 1. The highest BCUT2D eigenvalue weighted by atomic mass is 14.7. The van der Waals surface area contributed by atoms with Crippen molar-refractivity contribution in [3.8, 4) is 11.3 Å². The first kappa shape index (κ1) is 15.4. The van der Waals surface area contributed by atoms with Crippen LogP contribution in [0.5, 0.6) is 0 Å². The molecule has 1 aromatic heterocycles. The molecule has 1 heterocycles. The molecule has 6 aromatic rings. The monoisotopic (exact) mass is 355 g/mol. The van der Waals surface area contributed by atoms with E-state index >= 15 is 0 Å². The van der Waals surface area contributed by atoms with Crippen LogP contribution >= 0.6 is 0 Å². The van der Waals surface area contributed by atoms with Gasteiger partial charge in [-0.25, -0.2) is 0 Å². The molecule has 130 valence electrons. The Morgan fingerprint density at radius 1 is 0.429 bits per heavy atom. The fraction of sp³-hybridized carbons (Fsp3) is 0. The molecule has 28 heavy (non-hydrogen) atoms. The third kappa shape index (κ3) is 2.30. The Balaban J connectivity index is 1.63. The van der Waals surface area contributed by atoms with Gasteiger partial charge < -0.3 is 0 Å². The van der Waals surface area contributed by atoms with Crippen molar-refractivity contribution in [2.75, 3.05) is 0 Å². The number of pyridine rings is 1. The Hall–Kier alpha value is -3.71. The molecular weight excluding hydrogens is 338 g/mol. The minimum atomic E-state index is 1.01. The molecule has 0 saturated heterocycles. The first-order valence-electron chi connectivity index (χ1n) is 9.56. The SMILES string of the molecule is c1ccc2c(c1)ccc1ccc(-c3cc4c(ccc5ccccc54)cn3)cc12. The van der Waals surface area contributed by atoms with Gasteiger partial charge in [-0.05, 0) is 49.8 Å². The van der Waals surface area contributed by atoms with Crippen LogP contribution in [0.2, 0.25) is 0 Å². The summed E-state index contributed by atoms with van der Waals surface area (Å²) in [7, 11) is 0. The van der Waals surface area contributed by atoms with Crippen molar-refractivity contribution in [3.05, 3.63) is 103 Å². The van der Waals surface area contributed by atoms with Crippen LogP contribution in [0.15, 0.2) is 103 Å². The highest BCUT2D eigenvalue weighted by Gasteiger charge is 2.07. The second-order valence-electron chi connectivity index (χ2n) is 7.30. The Labute approximate surface area is 162 Å². The zero-order valence-electron chi connectivity index (χ0n) is 15.3. The summed E-state index contributed by atoms with van der Waals surface area (Å²) < 4.78 is 0. The first-order valence-corrected chi connectivity index (χ1v) is 9.56. The number of benzene rings is 5. The van der Waals surface area contributed by atoms with Crippen LogP contribution in [-0.4, -0.2) is 4.98 Å². The van der Waals surface area contributed by atoms with Gasteiger partial charge in [-0.3, -0.25) is 4.98 Å². The van der Waals surface area contributed by atoms with Crippen LogP contribution in [0.4, 0.5) is 0 Å². The van der Waals surface area contributed by atoms with E-state index in [1.807, 2.05) is 6.20 Å². The van der Waals surface area contributed by atoms with Crippen LogP contribution in [0.1, 0.15) is 0 Å². The number of hydrogen-bond acceptors (Lipinski definition) is 1. The Kier molecular flexibility index (Phi) is 3.24. The quantitative estimate of drug-likeness (QED) is 0.281. The highest BCUT2D eigenvalue weighted by Crippen LogP contribution is 2.32. The van der Waals surface area contributed by atoms with E-state index in [1.165, 1.54) is 43.1 Å². The molecule has 1 nitrogen and oxygen atoms in total. The molecule has 0 atom stereocenters. The Morgan fingerprint density at radius 2 is 0.964 bits per heavy atom. The second kappa shape index (κ2) is 5.90. The van der Waals surface area contributed by atoms with Gasteiger partial charge in [0.2, 0.25) is 0 Å². The van der Waals surface area contributed by atoms with E-state index in [-0.39, 0.29) is 0 Å². The average Bonchev–Trinajstić information content (AvgIpc) is 2.78. The molecule has 0 aliphatic rings. The van der Waals surface area contributed by atoms with Crippen LogP contribution < -0.4 is 0 Å². The molecule has 0 aliphatic carbocycles. The summed E-state index contributed by atoms with van der Waals surface area (Å²) >= 11 is 0. The highest BCUT2D eigenvalue weighted by molar-refractivity contribution is 6.10. The number of hydrogen-bond donors (Lipinski definition) is 0. The molecule has 1 heteroatoms. The van der Waals surface area contributed by atoms with Crippen LogP contribution in [0.25, 0.3) is 54.3 Å². The summed E-state index contributed by atoms with van der Waals surface area (Å²) in [4.78, 5) is 4.77. The van der Waals surface area contributed by atoms with Crippen LogP contribution in [0.3, 0.4) is 0 Å². The van der Waals surface area contributed by atoms with Crippen molar-refractivity contribution in [2.45, 2.75) is 0 Å². The largest absolute Gasteiger partial charge is 0.256 e. The van der Waals surface area contributed by atoms with E-state index in [1.54, 1.807) is 0 Å². The van der Waals surface area contributed by atoms with E-state index < -0.39 is 0 Å². The zero-order chi connectivity index (χ0) is 18.5. The van der Waals surface area contributed by atoms with E-state index in [0.717, 1.165) is 11.3 Å². The molecule has 0 spiro atoms. The Morgan fingerprint density at radius 3 is 1.68 bits per heavy atom. The molecule has 0 saturated carbocycles. The predicted molar refractivity (Wildman–Crippen MR) is 120 cm³/mol. The zero-order valence-corrected chi connectivity index (χ0v) is 15.3.